The number of hydrogen-bond acceptors (Lipinski definition) is 8. The first kappa shape index (κ1) is 23.1. The summed E-state index contributed by atoms with van der Waals surface area (Å²) in [5, 5.41) is 0. The standard InChI is InChI=1S/C23H29F3N6O2/c1-23(26)2-3-32(13-23)22-29-17(14-8-16(9-14)31-4-6-33-7-5-31)11-18(30-22)15-10-19(34-21(24)25)20(27)28-12-15/h10-12,14,16,21H,2-9,13H2,1H3,(H2,27,28)/t14?,16?,23-/m1/s1. The highest BCUT2D eigenvalue weighted by Gasteiger charge is 2.38. The summed E-state index contributed by atoms with van der Waals surface area (Å²) in [6.45, 7) is 2.66. The molecule has 2 saturated heterocycles. The highest BCUT2D eigenvalue weighted by Crippen LogP contribution is 2.41. The van der Waals surface area contributed by atoms with Crippen LogP contribution in [0.3, 0.4) is 0 Å². The van der Waals surface area contributed by atoms with Gasteiger partial charge < -0.3 is 20.1 Å². The maximum atomic E-state index is 14.6. The Kier molecular flexibility index (Phi) is 6.24. The van der Waals surface area contributed by atoms with Crippen molar-refractivity contribution in [1.29, 1.82) is 0 Å². The molecule has 4 heterocycles. The number of morpholine rings is 1. The van der Waals surface area contributed by atoms with Gasteiger partial charge in [-0.25, -0.2) is 19.3 Å². The number of halogens is 3. The van der Waals surface area contributed by atoms with Gasteiger partial charge in [0, 0.05) is 55.5 Å². The smallest absolute Gasteiger partial charge is 0.387 e. The molecule has 1 aliphatic carbocycles. The molecule has 2 aliphatic heterocycles. The number of nitrogens with two attached hydrogens (primary N) is 1. The third-order valence-corrected chi connectivity index (χ3v) is 6.93. The van der Waals surface area contributed by atoms with E-state index < -0.39 is 12.3 Å². The Morgan fingerprint density at radius 2 is 1.94 bits per heavy atom. The van der Waals surface area contributed by atoms with Gasteiger partial charge >= 0.3 is 6.61 Å². The van der Waals surface area contributed by atoms with Crippen LogP contribution >= 0.6 is 0 Å². The van der Waals surface area contributed by atoms with Crippen molar-refractivity contribution in [3.05, 3.63) is 24.0 Å². The molecule has 0 amide bonds. The van der Waals surface area contributed by atoms with Crippen molar-refractivity contribution in [3.8, 4) is 17.0 Å². The first-order valence-corrected chi connectivity index (χ1v) is 11.6. The Hall–Kier alpha value is -2.66. The minimum atomic E-state index is -3.02. The van der Waals surface area contributed by atoms with Crippen molar-refractivity contribution in [2.24, 2.45) is 0 Å². The van der Waals surface area contributed by atoms with E-state index in [0.717, 1.165) is 44.8 Å². The number of nitrogens with zero attached hydrogens (tertiary/aromatic N) is 5. The lowest BCUT2D eigenvalue weighted by Gasteiger charge is -2.44. The van der Waals surface area contributed by atoms with Crippen LogP contribution in [0.15, 0.2) is 18.3 Å². The van der Waals surface area contributed by atoms with E-state index in [-0.39, 0.29) is 24.0 Å². The molecule has 0 radical (unpaired) electrons. The van der Waals surface area contributed by atoms with Gasteiger partial charge in [0.15, 0.2) is 11.6 Å². The zero-order chi connectivity index (χ0) is 23.9. The van der Waals surface area contributed by atoms with E-state index >= 15 is 0 Å². The van der Waals surface area contributed by atoms with Gasteiger partial charge in [-0.1, -0.05) is 0 Å². The van der Waals surface area contributed by atoms with Gasteiger partial charge in [0.25, 0.3) is 0 Å². The first-order valence-electron chi connectivity index (χ1n) is 11.6. The summed E-state index contributed by atoms with van der Waals surface area (Å²) in [6.07, 6.45) is 3.81. The Morgan fingerprint density at radius 3 is 2.62 bits per heavy atom. The van der Waals surface area contributed by atoms with Crippen LogP contribution in [0.5, 0.6) is 5.75 Å². The lowest BCUT2D eigenvalue weighted by Crippen LogP contribution is -2.49. The lowest BCUT2D eigenvalue weighted by molar-refractivity contribution is -0.0494. The van der Waals surface area contributed by atoms with E-state index in [1.54, 1.807) is 6.92 Å². The van der Waals surface area contributed by atoms with Crippen LogP contribution in [0.1, 0.15) is 37.8 Å². The van der Waals surface area contributed by atoms with Crippen molar-refractivity contribution in [1.82, 2.24) is 19.9 Å². The van der Waals surface area contributed by atoms with Gasteiger partial charge in [-0.15, -0.1) is 0 Å². The van der Waals surface area contributed by atoms with Crippen LogP contribution in [-0.4, -0.2) is 77.6 Å². The highest BCUT2D eigenvalue weighted by atomic mass is 19.3. The highest BCUT2D eigenvalue weighted by molar-refractivity contribution is 5.65. The monoisotopic (exact) mass is 478 g/mol. The van der Waals surface area contributed by atoms with Crippen LogP contribution in [0, 0.1) is 0 Å². The molecule has 1 saturated carbocycles. The lowest BCUT2D eigenvalue weighted by atomic mass is 9.77. The molecule has 0 bridgehead atoms. The van der Waals surface area contributed by atoms with E-state index in [0.29, 0.717) is 36.2 Å². The van der Waals surface area contributed by atoms with Crippen LogP contribution < -0.4 is 15.4 Å². The molecule has 2 N–H and O–H groups in total. The van der Waals surface area contributed by atoms with Gasteiger partial charge in [-0.3, -0.25) is 4.90 Å². The number of ether oxygens (including phenoxy) is 2. The fourth-order valence-corrected chi connectivity index (χ4v) is 4.90. The molecular weight excluding hydrogens is 449 g/mol. The number of hydrogen-bond donors (Lipinski definition) is 1. The maximum Gasteiger partial charge on any atom is 0.387 e. The summed E-state index contributed by atoms with van der Waals surface area (Å²) in [6, 6.07) is 3.76. The second-order valence-corrected chi connectivity index (χ2v) is 9.52. The van der Waals surface area contributed by atoms with Crippen LogP contribution in [0.2, 0.25) is 0 Å². The minimum Gasteiger partial charge on any atom is -0.431 e. The van der Waals surface area contributed by atoms with Gasteiger partial charge in [0.1, 0.15) is 5.67 Å². The maximum absolute atomic E-state index is 14.6. The number of anilines is 2. The largest absolute Gasteiger partial charge is 0.431 e. The number of aromatic nitrogens is 3. The summed E-state index contributed by atoms with van der Waals surface area (Å²) < 4.78 is 50.1. The average Bonchev–Trinajstić information content (AvgIpc) is 3.14. The SMILES string of the molecule is C[C@@]1(F)CCN(c2nc(-c3cnc(N)c(OC(F)F)c3)cc(C3CC(N4CCOCC4)C3)n2)C1. The molecule has 2 aromatic heterocycles. The zero-order valence-corrected chi connectivity index (χ0v) is 19.1. The van der Waals surface area contributed by atoms with E-state index in [2.05, 4.69) is 19.6 Å². The summed E-state index contributed by atoms with van der Waals surface area (Å²) >= 11 is 0. The molecule has 0 unspecified atom stereocenters. The summed E-state index contributed by atoms with van der Waals surface area (Å²) in [5.41, 5.74) is 6.27. The van der Waals surface area contributed by atoms with Gasteiger partial charge in [0.2, 0.25) is 5.95 Å². The number of alkyl halides is 3. The molecule has 0 aromatic carbocycles. The molecule has 3 fully saturated rings. The predicted octanol–water partition coefficient (Wildman–Crippen LogP) is 3.24. The van der Waals surface area contributed by atoms with E-state index in [9.17, 15) is 13.2 Å². The van der Waals surface area contributed by atoms with Crippen molar-refractivity contribution in [3.63, 3.8) is 0 Å². The molecule has 11 heteroatoms. The topological polar surface area (TPSA) is 89.6 Å². The molecule has 0 spiro atoms. The summed E-state index contributed by atoms with van der Waals surface area (Å²) in [4.78, 5) is 17.8. The van der Waals surface area contributed by atoms with E-state index in [1.807, 2.05) is 11.0 Å². The predicted molar refractivity (Wildman–Crippen MR) is 121 cm³/mol. The molecule has 184 valence electrons. The fraction of sp³-hybridized carbons (Fsp3) is 0.609. The molecule has 2 aromatic rings. The van der Waals surface area contributed by atoms with E-state index in [1.165, 1.54) is 12.3 Å². The third kappa shape index (κ3) is 4.90. The zero-order valence-electron chi connectivity index (χ0n) is 19.1. The summed E-state index contributed by atoms with van der Waals surface area (Å²) in [7, 11) is 0. The van der Waals surface area contributed by atoms with Crippen molar-refractivity contribution < 1.29 is 22.6 Å². The fourth-order valence-electron chi connectivity index (χ4n) is 4.90. The van der Waals surface area contributed by atoms with Crippen LogP contribution in [-0.2, 0) is 4.74 Å². The quantitative estimate of drug-likeness (QED) is 0.677. The molecule has 1 atom stereocenters. The van der Waals surface area contributed by atoms with Crippen LogP contribution in [0.25, 0.3) is 11.3 Å². The van der Waals surface area contributed by atoms with Crippen molar-refractivity contribution >= 4 is 11.8 Å². The number of nitrogen functional groups attached to an aromatic ring is 1. The van der Waals surface area contributed by atoms with Gasteiger partial charge in [-0.05, 0) is 31.9 Å². The average molecular weight is 479 g/mol. The molecule has 34 heavy (non-hydrogen) atoms. The molecule has 8 nitrogen and oxygen atoms in total. The Morgan fingerprint density at radius 1 is 1.18 bits per heavy atom. The van der Waals surface area contributed by atoms with Gasteiger partial charge in [0.05, 0.1) is 25.5 Å². The minimum absolute atomic E-state index is 0.126. The number of rotatable bonds is 6. The van der Waals surface area contributed by atoms with Crippen molar-refractivity contribution in [2.45, 2.75) is 50.4 Å². The van der Waals surface area contributed by atoms with Gasteiger partial charge in [-0.2, -0.15) is 8.78 Å². The number of pyridine rings is 1. The first-order chi connectivity index (χ1) is 16.3. The second-order valence-electron chi connectivity index (χ2n) is 9.52. The van der Waals surface area contributed by atoms with E-state index in [4.69, 9.17) is 15.5 Å². The Bertz CT molecular complexity index is 1030. The summed E-state index contributed by atoms with van der Waals surface area (Å²) in [5.74, 6) is 0.351. The molecular formula is C23H29F3N6O2. The Labute approximate surface area is 196 Å². The molecule has 3 aliphatic rings. The second kappa shape index (κ2) is 9.18. The Balaban J connectivity index is 1.44. The normalized spacial score (nSPS) is 27.7. The van der Waals surface area contributed by atoms with Crippen LogP contribution in [0.4, 0.5) is 24.9 Å². The van der Waals surface area contributed by atoms with Crippen molar-refractivity contribution in [2.75, 3.05) is 50.0 Å². The third-order valence-electron chi connectivity index (χ3n) is 6.93. The molecule has 5 rings (SSSR count).